The summed E-state index contributed by atoms with van der Waals surface area (Å²) in [4.78, 5) is -0.412. The van der Waals surface area contributed by atoms with Crippen molar-refractivity contribution in [3.8, 4) is 0 Å². The minimum atomic E-state index is -3.94. The zero-order valence-corrected chi connectivity index (χ0v) is 11.5. The topological polar surface area (TPSA) is 66.4 Å². The van der Waals surface area contributed by atoms with Gasteiger partial charge in [-0.15, -0.1) is 0 Å². The second-order valence-electron chi connectivity index (χ2n) is 4.77. The van der Waals surface area contributed by atoms with Crippen molar-refractivity contribution in [2.24, 2.45) is 5.92 Å². The fraction of sp³-hybridized carbons (Fsp3) is 0.500. The molecule has 0 aliphatic rings. The average molecular weight is 275 g/mol. The normalized spacial score (nSPS) is 15.7. The Morgan fingerprint density at radius 1 is 1.39 bits per heavy atom. The van der Waals surface area contributed by atoms with Gasteiger partial charge in [0.05, 0.1) is 5.60 Å². The summed E-state index contributed by atoms with van der Waals surface area (Å²) in [5.41, 5.74) is -1.18. The standard InChI is InChI=1S/C12H18FNO3S/c1-9(2)12(3,15)8-14-18(16,17)11-7-5-4-6-10(11)13/h4-7,9,14-15H,8H2,1-3H3. The third-order valence-corrected chi connectivity index (χ3v) is 4.42. The Kier molecular flexibility index (Phi) is 4.47. The molecule has 1 aromatic carbocycles. The summed E-state index contributed by atoms with van der Waals surface area (Å²) in [6.45, 7) is 4.91. The van der Waals surface area contributed by atoms with Gasteiger partial charge in [-0.05, 0) is 25.0 Å². The van der Waals surface area contributed by atoms with Crippen LogP contribution in [0.15, 0.2) is 29.2 Å². The van der Waals surface area contributed by atoms with E-state index in [1.165, 1.54) is 25.1 Å². The summed E-state index contributed by atoms with van der Waals surface area (Å²) < 4.78 is 39.3. The molecule has 0 aliphatic heterocycles. The highest BCUT2D eigenvalue weighted by Crippen LogP contribution is 2.17. The molecule has 1 rings (SSSR count). The van der Waals surface area contributed by atoms with Crippen molar-refractivity contribution in [2.75, 3.05) is 6.54 Å². The van der Waals surface area contributed by atoms with Gasteiger partial charge in [0.15, 0.2) is 0 Å². The molecular weight excluding hydrogens is 257 g/mol. The average Bonchev–Trinajstić information content (AvgIpc) is 2.27. The van der Waals surface area contributed by atoms with Crippen LogP contribution in [0.4, 0.5) is 4.39 Å². The van der Waals surface area contributed by atoms with Gasteiger partial charge in [0.25, 0.3) is 0 Å². The fourth-order valence-corrected chi connectivity index (χ4v) is 2.41. The molecule has 1 atom stereocenters. The lowest BCUT2D eigenvalue weighted by Gasteiger charge is -2.27. The maximum absolute atomic E-state index is 13.4. The third-order valence-electron chi connectivity index (χ3n) is 2.99. The van der Waals surface area contributed by atoms with Crippen molar-refractivity contribution in [1.82, 2.24) is 4.72 Å². The minimum absolute atomic E-state index is 0.124. The zero-order chi connectivity index (χ0) is 14.0. The smallest absolute Gasteiger partial charge is 0.243 e. The Labute approximate surface area is 107 Å². The van der Waals surface area contributed by atoms with Crippen LogP contribution in [0.1, 0.15) is 20.8 Å². The lowest BCUT2D eigenvalue weighted by Crippen LogP contribution is -2.44. The molecule has 0 heterocycles. The van der Waals surface area contributed by atoms with Gasteiger partial charge in [-0.1, -0.05) is 26.0 Å². The maximum Gasteiger partial charge on any atom is 0.243 e. The first-order valence-corrected chi connectivity index (χ1v) is 7.12. The molecular formula is C12H18FNO3S. The molecule has 6 heteroatoms. The molecule has 0 spiro atoms. The van der Waals surface area contributed by atoms with Crippen molar-refractivity contribution in [1.29, 1.82) is 0 Å². The Morgan fingerprint density at radius 2 is 1.94 bits per heavy atom. The van der Waals surface area contributed by atoms with Gasteiger partial charge in [0.1, 0.15) is 10.7 Å². The van der Waals surface area contributed by atoms with Gasteiger partial charge in [-0.3, -0.25) is 0 Å². The monoisotopic (exact) mass is 275 g/mol. The van der Waals surface area contributed by atoms with Crippen LogP contribution < -0.4 is 4.72 Å². The summed E-state index contributed by atoms with van der Waals surface area (Å²) in [6.07, 6.45) is 0. The molecule has 0 saturated carbocycles. The van der Waals surface area contributed by atoms with Crippen molar-refractivity contribution in [2.45, 2.75) is 31.3 Å². The molecule has 1 unspecified atom stereocenters. The van der Waals surface area contributed by atoms with Gasteiger partial charge in [0.2, 0.25) is 10.0 Å². The molecule has 0 bridgehead atoms. The Morgan fingerprint density at radius 3 is 2.44 bits per heavy atom. The molecule has 2 N–H and O–H groups in total. The SMILES string of the molecule is CC(C)C(C)(O)CNS(=O)(=O)c1ccccc1F. The van der Waals surface area contributed by atoms with Crippen molar-refractivity contribution >= 4 is 10.0 Å². The van der Waals surface area contributed by atoms with Gasteiger partial charge in [0, 0.05) is 6.54 Å². The van der Waals surface area contributed by atoms with E-state index in [2.05, 4.69) is 4.72 Å². The summed E-state index contributed by atoms with van der Waals surface area (Å²) >= 11 is 0. The molecule has 0 saturated heterocycles. The van der Waals surface area contributed by atoms with Crippen LogP contribution in [0.2, 0.25) is 0 Å². The lowest BCUT2D eigenvalue weighted by atomic mass is 9.93. The van der Waals surface area contributed by atoms with Crippen LogP contribution in [0.5, 0.6) is 0 Å². The van der Waals surface area contributed by atoms with Gasteiger partial charge in [-0.2, -0.15) is 0 Å². The molecule has 0 fully saturated rings. The number of hydrogen-bond acceptors (Lipinski definition) is 3. The van der Waals surface area contributed by atoms with E-state index in [0.29, 0.717) is 0 Å². The molecule has 102 valence electrons. The zero-order valence-electron chi connectivity index (χ0n) is 10.6. The largest absolute Gasteiger partial charge is 0.389 e. The predicted molar refractivity (Wildman–Crippen MR) is 67.1 cm³/mol. The van der Waals surface area contributed by atoms with Crippen LogP contribution in [0, 0.1) is 11.7 Å². The first kappa shape index (κ1) is 15.1. The molecule has 0 radical (unpaired) electrons. The van der Waals surface area contributed by atoms with Crippen LogP contribution in [0.3, 0.4) is 0 Å². The third kappa shape index (κ3) is 3.51. The predicted octanol–water partition coefficient (Wildman–Crippen LogP) is 1.51. The van der Waals surface area contributed by atoms with E-state index in [0.717, 1.165) is 6.07 Å². The van der Waals surface area contributed by atoms with Gasteiger partial charge < -0.3 is 5.11 Å². The Hall–Kier alpha value is -0.980. The first-order chi connectivity index (χ1) is 8.17. The molecule has 18 heavy (non-hydrogen) atoms. The second kappa shape index (κ2) is 5.34. The molecule has 0 amide bonds. The summed E-state index contributed by atoms with van der Waals surface area (Å²) in [7, 11) is -3.94. The van der Waals surface area contributed by atoms with E-state index < -0.39 is 26.3 Å². The number of sulfonamides is 1. The summed E-state index contributed by atoms with van der Waals surface area (Å²) in [5, 5.41) is 9.95. The highest BCUT2D eigenvalue weighted by atomic mass is 32.2. The van der Waals surface area contributed by atoms with E-state index >= 15 is 0 Å². The van der Waals surface area contributed by atoms with E-state index in [1.54, 1.807) is 13.8 Å². The van der Waals surface area contributed by atoms with Crippen LogP contribution in [-0.4, -0.2) is 25.7 Å². The molecule has 1 aromatic rings. The van der Waals surface area contributed by atoms with Crippen LogP contribution in [-0.2, 0) is 10.0 Å². The first-order valence-electron chi connectivity index (χ1n) is 5.63. The van der Waals surface area contributed by atoms with E-state index in [4.69, 9.17) is 0 Å². The van der Waals surface area contributed by atoms with E-state index in [-0.39, 0.29) is 12.5 Å². The number of hydrogen-bond donors (Lipinski definition) is 2. The second-order valence-corrected chi connectivity index (χ2v) is 6.50. The quantitative estimate of drug-likeness (QED) is 0.856. The fourth-order valence-electron chi connectivity index (χ4n) is 1.19. The Bertz CT molecular complexity index is 512. The van der Waals surface area contributed by atoms with E-state index in [9.17, 15) is 17.9 Å². The molecule has 4 nitrogen and oxygen atoms in total. The molecule has 0 aliphatic carbocycles. The molecule has 0 aromatic heterocycles. The number of benzene rings is 1. The van der Waals surface area contributed by atoms with Crippen molar-refractivity contribution in [3.63, 3.8) is 0 Å². The highest BCUT2D eigenvalue weighted by Gasteiger charge is 2.28. The highest BCUT2D eigenvalue weighted by molar-refractivity contribution is 7.89. The van der Waals surface area contributed by atoms with Crippen molar-refractivity contribution < 1.29 is 17.9 Å². The number of aliphatic hydroxyl groups is 1. The number of halogens is 1. The summed E-state index contributed by atoms with van der Waals surface area (Å²) in [5.74, 6) is -0.935. The lowest BCUT2D eigenvalue weighted by molar-refractivity contribution is 0.0190. The van der Waals surface area contributed by atoms with Crippen LogP contribution >= 0.6 is 0 Å². The summed E-state index contributed by atoms with van der Waals surface area (Å²) in [6, 6.07) is 5.12. The number of nitrogens with one attached hydrogen (secondary N) is 1. The minimum Gasteiger partial charge on any atom is -0.389 e. The van der Waals surface area contributed by atoms with E-state index in [1.807, 2.05) is 0 Å². The van der Waals surface area contributed by atoms with Gasteiger partial charge in [-0.25, -0.2) is 17.5 Å². The van der Waals surface area contributed by atoms with Crippen molar-refractivity contribution in [3.05, 3.63) is 30.1 Å². The van der Waals surface area contributed by atoms with Gasteiger partial charge >= 0.3 is 0 Å². The Balaban J connectivity index is 2.88. The maximum atomic E-state index is 13.4. The van der Waals surface area contributed by atoms with Crippen LogP contribution in [0.25, 0.3) is 0 Å². The number of rotatable bonds is 5.